The SMILES string of the molecule is CC(C)C(=O)Nc1nc2c(ncn2[C@H]2C[C@@H](OC(=O)C(C)C)[C@@H](COC(=O)C(C)C)O2)c(=O)[nH]1. The smallest absolute Gasteiger partial charge is 0.308 e. The average molecular weight is 478 g/mol. The van der Waals surface area contributed by atoms with Crippen LogP contribution in [0.15, 0.2) is 11.1 Å². The third kappa shape index (κ3) is 5.61. The van der Waals surface area contributed by atoms with Gasteiger partial charge in [0.1, 0.15) is 25.0 Å². The van der Waals surface area contributed by atoms with Gasteiger partial charge in [-0.25, -0.2) is 4.98 Å². The second-order valence-corrected chi connectivity index (χ2v) is 9.16. The molecule has 1 fully saturated rings. The molecule has 0 saturated carbocycles. The number of carbonyl (C=O) groups excluding carboxylic acids is 3. The van der Waals surface area contributed by atoms with E-state index in [4.69, 9.17) is 14.2 Å². The first-order valence-electron chi connectivity index (χ1n) is 11.3. The van der Waals surface area contributed by atoms with Gasteiger partial charge in [0.15, 0.2) is 11.2 Å². The molecule has 1 amide bonds. The molecular weight excluding hydrogens is 446 g/mol. The molecule has 0 radical (unpaired) electrons. The van der Waals surface area contributed by atoms with Gasteiger partial charge >= 0.3 is 11.9 Å². The van der Waals surface area contributed by atoms with E-state index in [1.54, 1.807) is 41.5 Å². The fraction of sp³-hybridized carbons (Fsp3) is 0.636. The van der Waals surface area contributed by atoms with Crippen molar-refractivity contribution >= 4 is 35.0 Å². The topological polar surface area (TPSA) is 155 Å². The van der Waals surface area contributed by atoms with Gasteiger partial charge in [-0.3, -0.25) is 34.0 Å². The zero-order valence-corrected chi connectivity index (χ0v) is 20.2. The van der Waals surface area contributed by atoms with E-state index in [0.717, 1.165) is 0 Å². The van der Waals surface area contributed by atoms with Crippen molar-refractivity contribution in [1.82, 2.24) is 19.5 Å². The monoisotopic (exact) mass is 477 g/mol. The molecular formula is C22H31N5O7. The lowest BCUT2D eigenvalue weighted by Gasteiger charge is -2.20. The molecule has 0 unspecified atom stereocenters. The van der Waals surface area contributed by atoms with E-state index >= 15 is 0 Å². The van der Waals surface area contributed by atoms with Crippen molar-refractivity contribution in [2.75, 3.05) is 11.9 Å². The van der Waals surface area contributed by atoms with Gasteiger partial charge in [-0.15, -0.1) is 0 Å². The molecule has 0 bridgehead atoms. The highest BCUT2D eigenvalue weighted by Crippen LogP contribution is 2.33. The van der Waals surface area contributed by atoms with E-state index in [9.17, 15) is 19.2 Å². The van der Waals surface area contributed by atoms with Gasteiger partial charge in [-0.2, -0.15) is 4.98 Å². The lowest BCUT2D eigenvalue weighted by molar-refractivity contribution is -0.162. The van der Waals surface area contributed by atoms with Crippen molar-refractivity contribution in [3.8, 4) is 0 Å². The minimum absolute atomic E-state index is 0.0128. The number of aromatic nitrogens is 4. The Hall–Kier alpha value is -3.28. The predicted octanol–water partition coefficient (Wildman–Crippen LogP) is 1.77. The molecule has 1 saturated heterocycles. The predicted molar refractivity (Wildman–Crippen MR) is 121 cm³/mol. The van der Waals surface area contributed by atoms with Crippen LogP contribution in [0, 0.1) is 17.8 Å². The number of rotatable bonds is 8. The zero-order chi connectivity index (χ0) is 25.2. The number of hydrogen-bond donors (Lipinski definition) is 2. The van der Waals surface area contributed by atoms with Crippen molar-refractivity contribution in [2.24, 2.45) is 17.8 Å². The number of H-pyrrole nitrogens is 1. The number of anilines is 1. The number of hydrogen-bond acceptors (Lipinski definition) is 9. The van der Waals surface area contributed by atoms with E-state index in [1.807, 2.05) is 0 Å². The number of ether oxygens (including phenoxy) is 3. The van der Waals surface area contributed by atoms with E-state index in [1.165, 1.54) is 10.9 Å². The molecule has 2 aromatic heterocycles. The minimum Gasteiger partial charge on any atom is -0.463 e. The standard InChI is InChI=1S/C22H31N5O7/c1-10(2)18(28)25-22-24-17-16(19(29)26-22)23-9-27(17)15-7-13(34-21(31)12(5)6)14(33-15)8-32-20(30)11(3)4/h9-15H,7-8H2,1-6H3,(H2,24,25,26,28,29)/t13-,14-,15-/m1/s1. The van der Waals surface area contributed by atoms with Crippen LogP contribution in [0.2, 0.25) is 0 Å². The Morgan fingerprint density at radius 1 is 1.15 bits per heavy atom. The molecule has 2 aromatic rings. The molecule has 0 aliphatic carbocycles. The van der Waals surface area contributed by atoms with Gasteiger partial charge in [0.05, 0.1) is 18.2 Å². The maximum Gasteiger partial charge on any atom is 0.308 e. The van der Waals surface area contributed by atoms with Gasteiger partial charge in [-0.05, 0) is 0 Å². The second-order valence-electron chi connectivity index (χ2n) is 9.16. The summed E-state index contributed by atoms with van der Waals surface area (Å²) in [6.45, 7) is 10.2. The molecule has 12 nitrogen and oxygen atoms in total. The van der Waals surface area contributed by atoms with Crippen LogP contribution in [0.4, 0.5) is 5.95 Å². The molecule has 186 valence electrons. The van der Waals surface area contributed by atoms with Crippen LogP contribution in [0.3, 0.4) is 0 Å². The minimum atomic E-state index is -0.713. The molecule has 34 heavy (non-hydrogen) atoms. The molecule has 2 N–H and O–H groups in total. The number of fused-ring (bicyclic) bond motifs is 1. The summed E-state index contributed by atoms with van der Waals surface area (Å²) in [5.41, 5.74) is -0.260. The van der Waals surface area contributed by atoms with Crippen LogP contribution >= 0.6 is 0 Å². The largest absolute Gasteiger partial charge is 0.463 e. The van der Waals surface area contributed by atoms with Crippen LogP contribution in [0.25, 0.3) is 11.2 Å². The molecule has 3 rings (SSSR count). The van der Waals surface area contributed by atoms with Crippen molar-refractivity contribution in [2.45, 2.75) is 66.4 Å². The Morgan fingerprint density at radius 2 is 1.82 bits per heavy atom. The lowest BCUT2D eigenvalue weighted by Crippen LogP contribution is -2.33. The van der Waals surface area contributed by atoms with E-state index in [-0.39, 0.29) is 53.8 Å². The van der Waals surface area contributed by atoms with Gasteiger partial charge in [0, 0.05) is 12.3 Å². The average Bonchev–Trinajstić information content (AvgIpc) is 3.35. The highest BCUT2D eigenvalue weighted by molar-refractivity contribution is 5.91. The number of carbonyl (C=O) groups is 3. The molecule has 3 atom stereocenters. The summed E-state index contributed by atoms with van der Waals surface area (Å²) in [6, 6.07) is 0. The van der Waals surface area contributed by atoms with Crippen molar-refractivity contribution in [3.63, 3.8) is 0 Å². The van der Waals surface area contributed by atoms with Crippen molar-refractivity contribution < 1.29 is 28.6 Å². The Morgan fingerprint density at radius 3 is 2.44 bits per heavy atom. The first-order valence-corrected chi connectivity index (χ1v) is 11.3. The lowest BCUT2D eigenvalue weighted by atomic mass is 10.1. The Bertz CT molecular complexity index is 1120. The zero-order valence-electron chi connectivity index (χ0n) is 20.2. The number of esters is 2. The summed E-state index contributed by atoms with van der Waals surface area (Å²) in [5.74, 6) is -2.10. The number of aromatic amines is 1. The van der Waals surface area contributed by atoms with Gasteiger partial charge < -0.3 is 14.2 Å². The number of amides is 1. The number of nitrogens with zero attached hydrogens (tertiary/aromatic N) is 3. The summed E-state index contributed by atoms with van der Waals surface area (Å²) >= 11 is 0. The second kappa shape index (κ2) is 10.3. The molecule has 1 aliphatic heterocycles. The maximum absolute atomic E-state index is 12.5. The van der Waals surface area contributed by atoms with Gasteiger partial charge in [0.2, 0.25) is 11.9 Å². The van der Waals surface area contributed by atoms with Crippen LogP contribution in [0.1, 0.15) is 54.2 Å². The summed E-state index contributed by atoms with van der Waals surface area (Å²) in [5, 5.41) is 2.57. The first-order chi connectivity index (χ1) is 16.0. The van der Waals surface area contributed by atoms with Crippen molar-refractivity contribution in [3.05, 3.63) is 16.7 Å². The third-order valence-corrected chi connectivity index (χ3v) is 5.29. The molecule has 3 heterocycles. The quantitative estimate of drug-likeness (QED) is 0.541. The number of imidazole rings is 1. The van der Waals surface area contributed by atoms with E-state index in [0.29, 0.717) is 0 Å². The first kappa shape index (κ1) is 25.3. The van der Waals surface area contributed by atoms with Crippen LogP contribution in [0.5, 0.6) is 0 Å². The summed E-state index contributed by atoms with van der Waals surface area (Å²) < 4.78 is 18.5. The summed E-state index contributed by atoms with van der Waals surface area (Å²) in [4.78, 5) is 59.7. The highest BCUT2D eigenvalue weighted by Gasteiger charge is 2.41. The Kier molecular flexibility index (Phi) is 7.70. The fourth-order valence-corrected chi connectivity index (χ4v) is 3.22. The summed E-state index contributed by atoms with van der Waals surface area (Å²) in [7, 11) is 0. The van der Waals surface area contributed by atoms with Gasteiger partial charge in [0.25, 0.3) is 5.56 Å². The fourth-order valence-electron chi connectivity index (χ4n) is 3.22. The van der Waals surface area contributed by atoms with E-state index < -0.39 is 35.9 Å². The molecule has 0 spiro atoms. The van der Waals surface area contributed by atoms with E-state index in [2.05, 4.69) is 20.3 Å². The van der Waals surface area contributed by atoms with Crippen molar-refractivity contribution in [1.29, 1.82) is 0 Å². The number of nitrogens with one attached hydrogen (secondary N) is 2. The van der Waals surface area contributed by atoms with Gasteiger partial charge in [-0.1, -0.05) is 41.5 Å². The molecule has 0 aromatic carbocycles. The molecule has 1 aliphatic rings. The van der Waals surface area contributed by atoms with Crippen LogP contribution in [-0.2, 0) is 28.6 Å². The van der Waals surface area contributed by atoms with Crippen LogP contribution in [-0.4, -0.2) is 56.2 Å². The molecule has 12 heteroatoms. The highest BCUT2D eigenvalue weighted by atomic mass is 16.6. The maximum atomic E-state index is 12.5. The third-order valence-electron chi connectivity index (χ3n) is 5.29. The Balaban J connectivity index is 1.88. The normalized spacial score (nSPS) is 20.3. The van der Waals surface area contributed by atoms with Crippen LogP contribution < -0.4 is 10.9 Å². The summed E-state index contributed by atoms with van der Waals surface area (Å²) in [6.07, 6.45) is -0.458. The Labute approximate surface area is 196 Å².